The number of rotatable bonds is 3. The molecule has 0 spiro atoms. The van der Waals surface area contributed by atoms with Gasteiger partial charge < -0.3 is 21.5 Å². The number of nitrogen functional groups attached to an aromatic ring is 1. The first-order chi connectivity index (χ1) is 9.36. The van der Waals surface area contributed by atoms with E-state index in [2.05, 4.69) is 10.1 Å². The van der Waals surface area contributed by atoms with Crippen molar-refractivity contribution in [3.63, 3.8) is 0 Å². The highest BCUT2D eigenvalue weighted by molar-refractivity contribution is 5.88. The smallest absolute Gasteiger partial charge is 0.335 e. The van der Waals surface area contributed by atoms with Crippen molar-refractivity contribution in [2.75, 3.05) is 12.3 Å². The van der Waals surface area contributed by atoms with Crippen LogP contribution in [0.3, 0.4) is 0 Å². The molecule has 0 aliphatic heterocycles. The van der Waals surface area contributed by atoms with E-state index in [1.165, 1.54) is 18.7 Å². The van der Waals surface area contributed by atoms with Gasteiger partial charge in [-0.25, -0.2) is 9.59 Å². The highest BCUT2D eigenvalue weighted by atomic mass is 16.5. The standard InChI is InChI=1S/C7H12N2O3.C7H9N/c1-3-12-6(10)5(2)4-9-7(8)11;1-6-2-4-7(8)5-3-6/h4H,3H2,1-2H3,(H3,8,9,11);2-5H,8H2,1H3. The number of benzene rings is 1. The summed E-state index contributed by atoms with van der Waals surface area (Å²) in [5.74, 6) is -0.466. The Morgan fingerprint density at radius 3 is 2.25 bits per heavy atom. The predicted octanol–water partition coefficient (Wildman–Crippen LogP) is 1.70. The minimum Gasteiger partial charge on any atom is -0.463 e. The van der Waals surface area contributed by atoms with Gasteiger partial charge in [-0.1, -0.05) is 17.7 Å². The lowest BCUT2D eigenvalue weighted by atomic mass is 10.2. The van der Waals surface area contributed by atoms with Gasteiger partial charge in [0.25, 0.3) is 0 Å². The van der Waals surface area contributed by atoms with Crippen LogP contribution < -0.4 is 16.8 Å². The second-order valence-electron chi connectivity index (χ2n) is 3.97. The average molecular weight is 279 g/mol. The molecule has 0 heterocycles. The molecule has 6 nitrogen and oxygen atoms in total. The van der Waals surface area contributed by atoms with Crippen molar-refractivity contribution in [2.45, 2.75) is 20.8 Å². The van der Waals surface area contributed by atoms with Crippen molar-refractivity contribution in [2.24, 2.45) is 5.73 Å². The van der Waals surface area contributed by atoms with Gasteiger partial charge in [0.05, 0.1) is 12.2 Å². The molecule has 0 aromatic heterocycles. The third kappa shape index (κ3) is 8.57. The largest absolute Gasteiger partial charge is 0.463 e. The van der Waals surface area contributed by atoms with Crippen molar-refractivity contribution in [3.8, 4) is 0 Å². The van der Waals surface area contributed by atoms with E-state index in [1.807, 2.05) is 31.2 Å². The maximum Gasteiger partial charge on any atom is 0.335 e. The van der Waals surface area contributed by atoms with E-state index in [-0.39, 0.29) is 0 Å². The molecule has 0 saturated heterocycles. The number of urea groups is 1. The number of primary amides is 1. The van der Waals surface area contributed by atoms with E-state index < -0.39 is 12.0 Å². The molecule has 1 aromatic rings. The molecule has 1 rings (SSSR count). The van der Waals surface area contributed by atoms with Crippen LogP contribution in [-0.2, 0) is 9.53 Å². The van der Waals surface area contributed by atoms with Crippen molar-refractivity contribution in [3.05, 3.63) is 41.6 Å². The monoisotopic (exact) mass is 279 g/mol. The third-order valence-electron chi connectivity index (χ3n) is 2.11. The number of aryl methyl sites for hydroxylation is 1. The molecular weight excluding hydrogens is 258 g/mol. The zero-order valence-corrected chi connectivity index (χ0v) is 12.0. The lowest BCUT2D eigenvalue weighted by Gasteiger charge is -2.00. The lowest BCUT2D eigenvalue weighted by molar-refractivity contribution is -0.138. The molecule has 0 atom stereocenters. The molecule has 0 aliphatic carbocycles. The number of hydrogen-bond donors (Lipinski definition) is 3. The van der Waals surface area contributed by atoms with Crippen LogP contribution in [0, 0.1) is 6.92 Å². The summed E-state index contributed by atoms with van der Waals surface area (Å²) in [5.41, 5.74) is 12.6. The van der Waals surface area contributed by atoms with Gasteiger partial charge in [-0.3, -0.25) is 0 Å². The lowest BCUT2D eigenvalue weighted by Crippen LogP contribution is -2.25. The summed E-state index contributed by atoms with van der Waals surface area (Å²) in [6.45, 7) is 5.57. The van der Waals surface area contributed by atoms with Crippen molar-refractivity contribution >= 4 is 17.7 Å². The number of hydrogen-bond acceptors (Lipinski definition) is 4. The summed E-state index contributed by atoms with van der Waals surface area (Å²) in [4.78, 5) is 21.1. The molecule has 110 valence electrons. The molecule has 0 radical (unpaired) electrons. The topological polar surface area (TPSA) is 107 Å². The van der Waals surface area contributed by atoms with Gasteiger partial charge in [-0.2, -0.15) is 0 Å². The van der Waals surface area contributed by atoms with E-state index in [9.17, 15) is 9.59 Å². The normalized spacial score (nSPS) is 10.1. The van der Waals surface area contributed by atoms with Gasteiger partial charge in [0.2, 0.25) is 0 Å². The van der Waals surface area contributed by atoms with Gasteiger partial charge in [0, 0.05) is 11.9 Å². The Hall–Kier alpha value is -2.50. The van der Waals surface area contributed by atoms with Gasteiger partial charge in [0.1, 0.15) is 0 Å². The van der Waals surface area contributed by atoms with Crippen molar-refractivity contribution < 1.29 is 14.3 Å². The van der Waals surface area contributed by atoms with E-state index >= 15 is 0 Å². The molecule has 0 bridgehead atoms. The summed E-state index contributed by atoms with van der Waals surface area (Å²) >= 11 is 0. The Morgan fingerprint density at radius 1 is 1.30 bits per heavy atom. The summed E-state index contributed by atoms with van der Waals surface area (Å²) in [5, 5.41) is 2.16. The number of ether oxygens (including phenoxy) is 1. The van der Waals surface area contributed by atoms with Crippen LogP contribution in [-0.4, -0.2) is 18.6 Å². The molecule has 0 saturated carbocycles. The van der Waals surface area contributed by atoms with E-state index in [0.29, 0.717) is 12.2 Å². The van der Waals surface area contributed by atoms with Crippen LogP contribution in [0.25, 0.3) is 0 Å². The zero-order valence-electron chi connectivity index (χ0n) is 12.0. The Kier molecular flexibility index (Phi) is 8.25. The quantitative estimate of drug-likeness (QED) is 0.444. The molecule has 6 heteroatoms. The first kappa shape index (κ1) is 17.5. The van der Waals surface area contributed by atoms with Crippen LogP contribution in [0.4, 0.5) is 10.5 Å². The van der Waals surface area contributed by atoms with Crippen LogP contribution in [0.5, 0.6) is 0 Å². The van der Waals surface area contributed by atoms with Crippen LogP contribution in [0.15, 0.2) is 36.0 Å². The van der Waals surface area contributed by atoms with E-state index in [0.717, 1.165) is 5.69 Å². The minimum absolute atomic E-state index is 0.302. The van der Waals surface area contributed by atoms with Crippen LogP contribution in [0.2, 0.25) is 0 Å². The zero-order chi connectivity index (χ0) is 15.5. The summed E-state index contributed by atoms with van der Waals surface area (Å²) in [7, 11) is 0. The average Bonchev–Trinajstić information content (AvgIpc) is 2.40. The molecule has 2 amide bonds. The number of amides is 2. The summed E-state index contributed by atoms with van der Waals surface area (Å²) in [6, 6.07) is 7.08. The van der Waals surface area contributed by atoms with Crippen molar-refractivity contribution in [1.29, 1.82) is 0 Å². The fourth-order valence-electron chi connectivity index (χ4n) is 1.05. The number of nitrogens with one attached hydrogen (secondary N) is 1. The predicted molar refractivity (Wildman–Crippen MR) is 78.7 cm³/mol. The van der Waals surface area contributed by atoms with Crippen molar-refractivity contribution in [1.82, 2.24) is 5.32 Å². The summed E-state index contributed by atoms with van der Waals surface area (Å²) in [6.07, 6.45) is 1.21. The van der Waals surface area contributed by atoms with Crippen LogP contribution >= 0.6 is 0 Å². The first-order valence-electron chi connectivity index (χ1n) is 6.08. The Morgan fingerprint density at radius 2 is 1.85 bits per heavy atom. The minimum atomic E-state index is -0.710. The van der Waals surface area contributed by atoms with E-state index in [1.54, 1.807) is 6.92 Å². The summed E-state index contributed by atoms with van der Waals surface area (Å²) < 4.78 is 4.64. The highest BCUT2D eigenvalue weighted by Crippen LogP contribution is 2.02. The highest BCUT2D eigenvalue weighted by Gasteiger charge is 2.03. The molecule has 0 aliphatic rings. The number of carbonyl (C=O) groups excluding carboxylic acids is 2. The van der Waals surface area contributed by atoms with Crippen LogP contribution in [0.1, 0.15) is 19.4 Å². The number of carbonyl (C=O) groups is 2. The fraction of sp³-hybridized carbons (Fsp3) is 0.286. The third-order valence-corrected chi connectivity index (χ3v) is 2.11. The van der Waals surface area contributed by atoms with Gasteiger partial charge in [-0.05, 0) is 32.9 Å². The molecule has 0 fully saturated rings. The molecule has 20 heavy (non-hydrogen) atoms. The molecule has 0 unspecified atom stereocenters. The number of anilines is 1. The maximum absolute atomic E-state index is 10.9. The Bertz CT molecular complexity index is 446. The molecule has 5 N–H and O–H groups in total. The Balaban J connectivity index is 0.000000388. The first-order valence-corrected chi connectivity index (χ1v) is 6.08. The second kappa shape index (κ2) is 9.43. The van der Waals surface area contributed by atoms with E-state index in [4.69, 9.17) is 11.5 Å². The SMILES string of the molecule is CCOC(=O)C(C)=CNC(N)=O.Cc1ccc(N)cc1. The molecule has 1 aromatic carbocycles. The fourth-order valence-corrected chi connectivity index (χ4v) is 1.05. The van der Waals surface area contributed by atoms with Gasteiger partial charge >= 0.3 is 12.0 Å². The van der Waals surface area contributed by atoms with Gasteiger partial charge in [0.15, 0.2) is 0 Å². The maximum atomic E-state index is 10.9. The second-order valence-corrected chi connectivity index (χ2v) is 3.97. The Labute approximate surface area is 118 Å². The number of esters is 1. The number of nitrogens with two attached hydrogens (primary N) is 2. The molecular formula is C14H21N3O3. The van der Waals surface area contributed by atoms with Gasteiger partial charge in [-0.15, -0.1) is 0 Å².